The highest BCUT2D eigenvalue weighted by Crippen LogP contribution is 2.10. The molecule has 1 unspecified atom stereocenters. The van der Waals surface area contributed by atoms with Gasteiger partial charge in [0.05, 0.1) is 0 Å². The summed E-state index contributed by atoms with van der Waals surface area (Å²) in [6.45, 7) is 12.3. The molecular formula is C10H17. The zero-order chi connectivity index (χ0) is 8.15. The van der Waals surface area contributed by atoms with Crippen LogP contribution in [-0.4, -0.2) is 0 Å². The van der Waals surface area contributed by atoms with Gasteiger partial charge in [0.15, 0.2) is 0 Å². The van der Waals surface area contributed by atoms with E-state index >= 15 is 0 Å². The van der Waals surface area contributed by atoms with Crippen LogP contribution in [0.2, 0.25) is 0 Å². The molecular weight excluding hydrogens is 120 g/mol. The van der Waals surface area contributed by atoms with Crippen LogP contribution in [0.3, 0.4) is 0 Å². The van der Waals surface area contributed by atoms with Crippen LogP contribution < -0.4 is 0 Å². The summed E-state index contributed by atoms with van der Waals surface area (Å²) in [7, 11) is 0. The van der Waals surface area contributed by atoms with Crippen LogP contribution in [0.5, 0.6) is 0 Å². The predicted molar refractivity (Wildman–Crippen MR) is 47.7 cm³/mol. The van der Waals surface area contributed by atoms with Gasteiger partial charge in [-0.2, -0.15) is 0 Å². The van der Waals surface area contributed by atoms with E-state index < -0.39 is 0 Å². The molecule has 0 bridgehead atoms. The highest BCUT2D eigenvalue weighted by atomic mass is 14.0. The van der Waals surface area contributed by atoms with Crippen LogP contribution in [0.4, 0.5) is 0 Å². The smallest absolute Gasteiger partial charge is 0.00569 e. The van der Waals surface area contributed by atoms with Gasteiger partial charge >= 0.3 is 0 Å². The topological polar surface area (TPSA) is 0 Å². The zero-order valence-electron chi connectivity index (χ0n) is 7.44. The van der Waals surface area contributed by atoms with Crippen molar-refractivity contribution in [2.24, 2.45) is 5.92 Å². The van der Waals surface area contributed by atoms with Crippen LogP contribution in [0.1, 0.15) is 27.7 Å². The summed E-state index contributed by atoms with van der Waals surface area (Å²) in [6.07, 6.45) is 4.32. The van der Waals surface area contributed by atoms with Crippen molar-refractivity contribution in [2.45, 2.75) is 27.7 Å². The van der Waals surface area contributed by atoms with Crippen molar-refractivity contribution in [1.82, 2.24) is 0 Å². The maximum absolute atomic E-state index is 3.87. The molecule has 0 aliphatic rings. The van der Waals surface area contributed by atoms with Crippen LogP contribution in [0.15, 0.2) is 24.3 Å². The van der Waals surface area contributed by atoms with Crippen LogP contribution in [0, 0.1) is 11.8 Å². The van der Waals surface area contributed by atoms with Gasteiger partial charge in [0, 0.05) is 0 Å². The number of hydrogen-bond donors (Lipinski definition) is 0. The molecule has 0 aliphatic carbocycles. The Bertz CT molecular complexity index is 129. The van der Waals surface area contributed by atoms with Crippen molar-refractivity contribution in [2.75, 3.05) is 0 Å². The molecule has 0 aromatic heterocycles. The first-order valence-electron chi connectivity index (χ1n) is 3.67. The largest absolute Gasteiger partial charge is 0.0996 e. The molecule has 0 N–H and O–H groups in total. The summed E-state index contributed by atoms with van der Waals surface area (Å²) >= 11 is 0. The van der Waals surface area contributed by atoms with E-state index in [1.54, 1.807) is 0 Å². The van der Waals surface area contributed by atoms with Crippen molar-refractivity contribution in [3.8, 4) is 0 Å². The van der Waals surface area contributed by atoms with E-state index in [9.17, 15) is 0 Å². The molecule has 1 atom stereocenters. The molecule has 57 valence electrons. The highest BCUT2D eigenvalue weighted by Gasteiger charge is 1.95. The molecule has 0 aromatic rings. The first-order chi connectivity index (χ1) is 4.54. The Hall–Kier alpha value is -0.520. The van der Waals surface area contributed by atoms with Crippen molar-refractivity contribution in [3.05, 3.63) is 30.2 Å². The maximum atomic E-state index is 3.87. The van der Waals surface area contributed by atoms with Gasteiger partial charge in [-0.25, -0.2) is 0 Å². The Morgan fingerprint density at radius 2 is 1.80 bits per heavy atom. The fraction of sp³-hybridized carbons (Fsp3) is 0.500. The van der Waals surface area contributed by atoms with Gasteiger partial charge in [-0.3, -0.25) is 0 Å². The van der Waals surface area contributed by atoms with Crippen LogP contribution in [-0.2, 0) is 0 Å². The Morgan fingerprint density at radius 1 is 1.30 bits per heavy atom. The summed E-state index contributed by atoms with van der Waals surface area (Å²) in [5, 5.41) is 0. The third-order valence-electron chi connectivity index (χ3n) is 1.50. The zero-order valence-corrected chi connectivity index (χ0v) is 7.44. The van der Waals surface area contributed by atoms with E-state index in [-0.39, 0.29) is 0 Å². The van der Waals surface area contributed by atoms with Crippen molar-refractivity contribution in [1.29, 1.82) is 0 Å². The van der Waals surface area contributed by atoms with E-state index in [0.29, 0.717) is 5.92 Å². The summed E-state index contributed by atoms with van der Waals surface area (Å²) in [6, 6.07) is 0. The lowest BCUT2D eigenvalue weighted by Gasteiger charge is -2.04. The second-order valence-corrected chi connectivity index (χ2v) is 3.07. The number of hydrogen-bond acceptors (Lipinski definition) is 0. The minimum Gasteiger partial charge on any atom is -0.0996 e. The normalized spacial score (nSPS) is 14.5. The van der Waals surface area contributed by atoms with Gasteiger partial charge in [-0.15, -0.1) is 0 Å². The quantitative estimate of drug-likeness (QED) is 0.523. The second-order valence-electron chi connectivity index (χ2n) is 3.07. The molecule has 0 rings (SSSR count). The average Bonchev–Trinajstić information content (AvgIpc) is 1.82. The standard InChI is InChI=1S/C10H17/c1-8(2)6-7-10(5)9(3)4/h6-7,10H,3H2,1-2,4-5H3. The van der Waals surface area contributed by atoms with E-state index in [0.717, 1.165) is 0 Å². The lowest BCUT2D eigenvalue weighted by atomic mass is 10.0. The fourth-order valence-corrected chi connectivity index (χ4v) is 0.501. The molecule has 0 saturated carbocycles. The number of rotatable bonds is 3. The van der Waals surface area contributed by atoms with E-state index in [4.69, 9.17) is 0 Å². The first kappa shape index (κ1) is 9.48. The molecule has 10 heavy (non-hydrogen) atoms. The summed E-state index contributed by atoms with van der Waals surface area (Å²) < 4.78 is 0. The van der Waals surface area contributed by atoms with Crippen LogP contribution >= 0.6 is 0 Å². The van der Waals surface area contributed by atoms with Crippen molar-refractivity contribution < 1.29 is 0 Å². The molecule has 1 radical (unpaired) electrons. The summed E-state index contributed by atoms with van der Waals surface area (Å²) in [5.74, 6) is 1.85. The molecule has 0 amide bonds. The monoisotopic (exact) mass is 137 g/mol. The van der Waals surface area contributed by atoms with Crippen molar-refractivity contribution in [3.63, 3.8) is 0 Å². The molecule has 0 nitrogen and oxygen atoms in total. The lowest BCUT2D eigenvalue weighted by molar-refractivity contribution is 0.863. The summed E-state index contributed by atoms with van der Waals surface area (Å²) in [5.41, 5.74) is 1.22. The van der Waals surface area contributed by atoms with Gasteiger partial charge in [0.2, 0.25) is 0 Å². The molecule has 0 saturated heterocycles. The molecule has 0 heteroatoms. The highest BCUT2D eigenvalue weighted by molar-refractivity contribution is 5.11. The van der Waals surface area contributed by atoms with Crippen LogP contribution in [0.25, 0.3) is 0 Å². The SMILES string of the molecule is C=C(C)C(C)C=C[C](C)C. The molecule has 0 fully saturated rings. The van der Waals surface area contributed by atoms with E-state index in [2.05, 4.69) is 46.4 Å². The third-order valence-corrected chi connectivity index (χ3v) is 1.50. The first-order valence-corrected chi connectivity index (χ1v) is 3.67. The predicted octanol–water partition coefficient (Wildman–Crippen LogP) is 3.37. The van der Waals surface area contributed by atoms with E-state index in [1.165, 1.54) is 11.5 Å². The number of allylic oxidation sites excluding steroid dienone is 3. The average molecular weight is 137 g/mol. The maximum Gasteiger partial charge on any atom is -0.00569 e. The van der Waals surface area contributed by atoms with Gasteiger partial charge in [-0.05, 0) is 18.8 Å². The Morgan fingerprint density at radius 3 is 2.10 bits per heavy atom. The minimum absolute atomic E-state index is 0.509. The van der Waals surface area contributed by atoms with E-state index in [1.807, 2.05) is 0 Å². The fourth-order valence-electron chi connectivity index (χ4n) is 0.501. The van der Waals surface area contributed by atoms with Gasteiger partial charge in [0.25, 0.3) is 0 Å². The Balaban J connectivity index is 3.77. The third kappa shape index (κ3) is 4.37. The minimum atomic E-state index is 0.509. The van der Waals surface area contributed by atoms with Gasteiger partial charge < -0.3 is 0 Å². The Labute approximate surface area is 64.6 Å². The molecule has 0 spiro atoms. The Kier molecular flexibility index (Phi) is 4.10. The second kappa shape index (κ2) is 4.32. The van der Waals surface area contributed by atoms with Crippen molar-refractivity contribution >= 4 is 0 Å². The van der Waals surface area contributed by atoms with Gasteiger partial charge in [-0.1, -0.05) is 45.1 Å². The lowest BCUT2D eigenvalue weighted by Crippen LogP contribution is -1.89. The molecule has 0 aliphatic heterocycles. The molecule has 0 aromatic carbocycles. The van der Waals surface area contributed by atoms with Gasteiger partial charge in [0.1, 0.15) is 0 Å². The molecule has 0 heterocycles. The summed E-state index contributed by atoms with van der Waals surface area (Å²) in [4.78, 5) is 0.